The Morgan fingerprint density at radius 1 is 1.15 bits per heavy atom. The summed E-state index contributed by atoms with van der Waals surface area (Å²) in [5.74, 6) is 1.42. The molecule has 0 unspecified atom stereocenters. The summed E-state index contributed by atoms with van der Waals surface area (Å²) in [4.78, 5) is 14.5. The summed E-state index contributed by atoms with van der Waals surface area (Å²) >= 11 is 0. The summed E-state index contributed by atoms with van der Waals surface area (Å²) in [6.07, 6.45) is 3.00. The molecule has 6 heteroatoms. The van der Waals surface area contributed by atoms with Gasteiger partial charge in [0.25, 0.3) is 0 Å². The van der Waals surface area contributed by atoms with Crippen molar-refractivity contribution in [3.8, 4) is 17.2 Å². The second-order valence-corrected chi connectivity index (χ2v) is 6.38. The molecule has 0 radical (unpaired) electrons. The van der Waals surface area contributed by atoms with Crippen molar-refractivity contribution in [2.24, 2.45) is 0 Å². The molecule has 27 heavy (non-hydrogen) atoms. The van der Waals surface area contributed by atoms with Gasteiger partial charge in [0, 0.05) is 19.2 Å². The van der Waals surface area contributed by atoms with Crippen LogP contribution in [0, 0.1) is 0 Å². The highest BCUT2D eigenvalue weighted by Gasteiger charge is 2.17. The largest absolute Gasteiger partial charge is 0.508 e. The second-order valence-electron chi connectivity index (χ2n) is 6.38. The first kappa shape index (κ1) is 18.8. The molecule has 2 aromatic carbocycles. The smallest absolute Gasteiger partial charge is 0.238 e. The lowest BCUT2D eigenvalue weighted by Gasteiger charge is -2.26. The van der Waals surface area contributed by atoms with Crippen molar-refractivity contribution < 1.29 is 19.4 Å². The number of phenols is 1. The van der Waals surface area contributed by atoms with Gasteiger partial charge in [0.1, 0.15) is 17.2 Å². The molecule has 1 heterocycles. The second kappa shape index (κ2) is 8.60. The minimum absolute atomic E-state index is 0.0834. The summed E-state index contributed by atoms with van der Waals surface area (Å²) in [6, 6.07) is 12.5. The molecule has 1 aliphatic rings. The number of methoxy groups -OCH3 is 2. The lowest BCUT2D eigenvalue weighted by molar-refractivity contribution is -0.117. The number of phenolic OH excluding ortho intramolecular Hbond substituents is 1. The van der Waals surface area contributed by atoms with Gasteiger partial charge in [-0.05, 0) is 41.8 Å². The number of anilines is 1. The summed E-state index contributed by atoms with van der Waals surface area (Å²) in [5.41, 5.74) is 2.98. The van der Waals surface area contributed by atoms with Crippen LogP contribution in [0.2, 0.25) is 0 Å². The number of carbonyl (C=O) groups excluding carboxylic acids is 1. The number of ether oxygens (including phenoxy) is 2. The Hall–Kier alpha value is -2.99. The van der Waals surface area contributed by atoms with Crippen LogP contribution in [0.5, 0.6) is 17.2 Å². The standard InChI is InChI=1S/C21H24N2O4/c1-26-18-7-8-19(20(13-18)27-2)22-21(25)14-23-11-9-16(10-12-23)15-3-5-17(24)6-4-15/h3-9,13,24H,10-12,14H2,1-2H3,(H,22,25). The van der Waals surface area contributed by atoms with E-state index in [2.05, 4.69) is 16.3 Å². The number of amides is 1. The topological polar surface area (TPSA) is 71.0 Å². The summed E-state index contributed by atoms with van der Waals surface area (Å²) in [6.45, 7) is 1.83. The van der Waals surface area contributed by atoms with Gasteiger partial charge in [-0.2, -0.15) is 0 Å². The maximum absolute atomic E-state index is 12.4. The molecule has 0 aromatic heterocycles. The van der Waals surface area contributed by atoms with Crippen LogP contribution >= 0.6 is 0 Å². The van der Waals surface area contributed by atoms with E-state index in [-0.39, 0.29) is 11.7 Å². The normalized spacial score (nSPS) is 14.4. The molecule has 0 spiro atoms. The van der Waals surface area contributed by atoms with Crippen molar-refractivity contribution in [2.45, 2.75) is 6.42 Å². The number of benzene rings is 2. The average molecular weight is 368 g/mol. The Morgan fingerprint density at radius 2 is 1.93 bits per heavy atom. The molecule has 0 saturated carbocycles. The van der Waals surface area contributed by atoms with Crippen LogP contribution < -0.4 is 14.8 Å². The highest BCUT2D eigenvalue weighted by atomic mass is 16.5. The van der Waals surface area contributed by atoms with Crippen molar-refractivity contribution in [2.75, 3.05) is 39.2 Å². The molecular formula is C21H24N2O4. The Morgan fingerprint density at radius 3 is 2.56 bits per heavy atom. The van der Waals surface area contributed by atoms with Gasteiger partial charge in [-0.15, -0.1) is 0 Å². The van der Waals surface area contributed by atoms with Crippen LogP contribution in [0.15, 0.2) is 48.5 Å². The van der Waals surface area contributed by atoms with E-state index in [1.165, 1.54) is 5.57 Å². The Balaban J connectivity index is 1.57. The lowest BCUT2D eigenvalue weighted by Crippen LogP contribution is -2.36. The lowest BCUT2D eigenvalue weighted by atomic mass is 9.99. The molecule has 6 nitrogen and oxygen atoms in total. The molecular weight excluding hydrogens is 344 g/mol. The van der Waals surface area contributed by atoms with Crippen molar-refractivity contribution in [3.05, 3.63) is 54.1 Å². The highest BCUT2D eigenvalue weighted by Crippen LogP contribution is 2.29. The first-order valence-electron chi connectivity index (χ1n) is 8.81. The molecule has 0 saturated heterocycles. The SMILES string of the molecule is COc1ccc(NC(=O)CN2CC=C(c3ccc(O)cc3)CC2)c(OC)c1. The number of carbonyl (C=O) groups is 1. The number of nitrogens with one attached hydrogen (secondary N) is 1. The highest BCUT2D eigenvalue weighted by molar-refractivity contribution is 5.94. The molecule has 142 valence electrons. The van der Waals surface area contributed by atoms with Gasteiger partial charge in [0.05, 0.1) is 26.5 Å². The van der Waals surface area contributed by atoms with Gasteiger partial charge in [-0.25, -0.2) is 0 Å². The average Bonchev–Trinajstić information content (AvgIpc) is 2.69. The van der Waals surface area contributed by atoms with E-state index in [4.69, 9.17) is 9.47 Å². The van der Waals surface area contributed by atoms with Crippen LogP contribution in [0.3, 0.4) is 0 Å². The van der Waals surface area contributed by atoms with E-state index in [0.29, 0.717) is 30.3 Å². The zero-order valence-electron chi connectivity index (χ0n) is 15.6. The maximum Gasteiger partial charge on any atom is 0.238 e. The van der Waals surface area contributed by atoms with Gasteiger partial charge < -0.3 is 19.9 Å². The number of aromatic hydroxyl groups is 1. The van der Waals surface area contributed by atoms with Crippen molar-refractivity contribution in [1.29, 1.82) is 0 Å². The van der Waals surface area contributed by atoms with Gasteiger partial charge >= 0.3 is 0 Å². The molecule has 1 aliphatic heterocycles. The zero-order chi connectivity index (χ0) is 19.2. The quantitative estimate of drug-likeness (QED) is 0.820. The van der Waals surface area contributed by atoms with E-state index < -0.39 is 0 Å². The molecule has 1 amide bonds. The Bertz CT molecular complexity index is 831. The molecule has 0 fully saturated rings. The van der Waals surface area contributed by atoms with Crippen LogP contribution in [0.4, 0.5) is 5.69 Å². The van der Waals surface area contributed by atoms with Crippen molar-refractivity contribution >= 4 is 17.2 Å². The van der Waals surface area contributed by atoms with E-state index >= 15 is 0 Å². The summed E-state index contributed by atoms with van der Waals surface area (Å²) in [7, 11) is 3.15. The predicted molar refractivity (Wildman–Crippen MR) is 105 cm³/mol. The third-order valence-corrected chi connectivity index (χ3v) is 4.58. The third kappa shape index (κ3) is 4.80. The van der Waals surface area contributed by atoms with E-state index in [0.717, 1.165) is 18.5 Å². The Kier molecular flexibility index (Phi) is 5.98. The number of nitrogens with zero attached hydrogens (tertiary/aromatic N) is 1. The van der Waals surface area contributed by atoms with Gasteiger partial charge in [-0.3, -0.25) is 9.69 Å². The fourth-order valence-electron chi connectivity index (χ4n) is 3.09. The molecule has 0 atom stereocenters. The predicted octanol–water partition coefficient (Wildman–Crippen LogP) is 3.14. The number of hydrogen-bond donors (Lipinski definition) is 2. The first-order chi connectivity index (χ1) is 13.1. The van der Waals surface area contributed by atoms with Crippen LogP contribution in [0.1, 0.15) is 12.0 Å². The fourth-order valence-corrected chi connectivity index (χ4v) is 3.09. The number of hydrogen-bond acceptors (Lipinski definition) is 5. The molecule has 2 aromatic rings. The first-order valence-corrected chi connectivity index (χ1v) is 8.81. The molecule has 2 N–H and O–H groups in total. The molecule has 0 aliphatic carbocycles. The number of rotatable bonds is 6. The molecule has 3 rings (SSSR count). The van der Waals surface area contributed by atoms with Gasteiger partial charge in [0.2, 0.25) is 5.91 Å². The monoisotopic (exact) mass is 368 g/mol. The fraction of sp³-hybridized carbons (Fsp3) is 0.286. The third-order valence-electron chi connectivity index (χ3n) is 4.58. The van der Waals surface area contributed by atoms with Crippen LogP contribution in [-0.4, -0.2) is 49.8 Å². The minimum atomic E-state index is -0.0834. The maximum atomic E-state index is 12.4. The summed E-state index contributed by atoms with van der Waals surface area (Å²) in [5, 5.41) is 12.3. The Labute approximate surface area is 159 Å². The molecule has 0 bridgehead atoms. The van der Waals surface area contributed by atoms with Crippen LogP contribution in [0.25, 0.3) is 5.57 Å². The summed E-state index contributed by atoms with van der Waals surface area (Å²) < 4.78 is 10.5. The van der Waals surface area contributed by atoms with E-state index in [1.54, 1.807) is 44.6 Å². The van der Waals surface area contributed by atoms with Gasteiger partial charge in [-0.1, -0.05) is 18.2 Å². The van der Waals surface area contributed by atoms with Crippen molar-refractivity contribution in [1.82, 2.24) is 4.90 Å². The minimum Gasteiger partial charge on any atom is -0.508 e. The van der Waals surface area contributed by atoms with Crippen molar-refractivity contribution in [3.63, 3.8) is 0 Å². The van der Waals surface area contributed by atoms with E-state index in [9.17, 15) is 9.90 Å². The van der Waals surface area contributed by atoms with Crippen LogP contribution in [-0.2, 0) is 4.79 Å². The van der Waals surface area contributed by atoms with Gasteiger partial charge in [0.15, 0.2) is 0 Å². The zero-order valence-corrected chi connectivity index (χ0v) is 15.6. The van der Waals surface area contributed by atoms with E-state index in [1.807, 2.05) is 12.1 Å².